The Kier molecular flexibility index (Phi) is 8.28. The van der Waals surface area contributed by atoms with E-state index in [-0.39, 0.29) is 11.1 Å². The van der Waals surface area contributed by atoms with Crippen LogP contribution in [0.15, 0.2) is 65.2 Å². The first-order valence-corrected chi connectivity index (χ1v) is 11.2. The van der Waals surface area contributed by atoms with Crippen LogP contribution in [0.4, 0.5) is 4.39 Å². The van der Waals surface area contributed by atoms with Crippen molar-refractivity contribution in [1.29, 1.82) is 0 Å². The van der Waals surface area contributed by atoms with Crippen LogP contribution < -0.4 is 0 Å². The van der Waals surface area contributed by atoms with Gasteiger partial charge in [-0.3, -0.25) is 0 Å². The van der Waals surface area contributed by atoms with Crippen molar-refractivity contribution in [2.24, 2.45) is 0 Å². The number of rotatable bonds is 7. The van der Waals surface area contributed by atoms with E-state index < -0.39 is 18.2 Å². The third kappa shape index (κ3) is 6.85. The topological polar surface area (TPSA) is 52.6 Å². The first-order chi connectivity index (χ1) is 14.5. The number of ether oxygens (including phenoxy) is 2. The average Bonchev–Trinajstić information content (AvgIpc) is 3.28. The van der Waals surface area contributed by atoms with Crippen LogP contribution in [0.1, 0.15) is 24.0 Å². The summed E-state index contributed by atoms with van der Waals surface area (Å²) in [6, 6.07) is 13.8. The van der Waals surface area contributed by atoms with Crippen molar-refractivity contribution in [2.75, 3.05) is 5.75 Å². The highest BCUT2D eigenvalue weighted by atomic mass is 79.9. The van der Waals surface area contributed by atoms with Crippen molar-refractivity contribution in [3.63, 3.8) is 0 Å². The fraction of sp³-hybridized carbons (Fsp3) is 0.217. The van der Waals surface area contributed by atoms with Gasteiger partial charge >= 0.3 is 11.9 Å². The molecule has 2 aromatic carbocycles. The van der Waals surface area contributed by atoms with Gasteiger partial charge in [-0.05, 0) is 69.9 Å². The van der Waals surface area contributed by atoms with Crippen molar-refractivity contribution in [3.8, 4) is 0 Å². The van der Waals surface area contributed by atoms with Gasteiger partial charge in [-0.1, -0.05) is 36.4 Å². The standard InChI is InChI=1S/C23H20BrFO4S/c24-18-15-17(8-11-19(18)25)10-13-22(27)29-23(20-7-4-14-30-20)28-21(26)12-9-16-5-2-1-3-6-16/h1-3,5-6,8-13,15,20,23H,4,7,14H2/t20-,23?/m1/s1. The first-order valence-electron chi connectivity index (χ1n) is 9.40. The third-order valence-electron chi connectivity index (χ3n) is 4.30. The van der Waals surface area contributed by atoms with Gasteiger partial charge in [0, 0.05) is 12.2 Å². The van der Waals surface area contributed by atoms with Gasteiger partial charge in [-0.25, -0.2) is 14.0 Å². The van der Waals surface area contributed by atoms with Crippen LogP contribution in [0.2, 0.25) is 0 Å². The molecule has 0 N–H and O–H groups in total. The maximum Gasteiger partial charge on any atom is 0.333 e. The lowest BCUT2D eigenvalue weighted by Gasteiger charge is -2.21. The molecule has 1 aliphatic heterocycles. The van der Waals surface area contributed by atoms with Crippen molar-refractivity contribution in [3.05, 3.63) is 82.1 Å². The van der Waals surface area contributed by atoms with E-state index in [1.54, 1.807) is 30.0 Å². The maximum atomic E-state index is 13.3. The second-order valence-electron chi connectivity index (χ2n) is 6.54. The summed E-state index contributed by atoms with van der Waals surface area (Å²) in [6.45, 7) is 0. The molecule has 1 unspecified atom stereocenters. The lowest BCUT2D eigenvalue weighted by molar-refractivity contribution is -0.180. The predicted octanol–water partition coefficient (Wildman–Crippen LogP) is 5.62. The van der Waals surface area contributed by atoms with E-state index in [0.29, 0.717) is 10.0 Å². The van der Waals surface area contributed by atoms with Crippen LogP contribution >= 0.6 is 27.7 Å². The molecule has 1 saturated heterocycles. The highest BCUT2D eigenvalue weighted by Crippen LogP contribution is 2.31. The van der Waals surface area contributed by atoms with Gasteiger partial charge in [0.15, 0.2) is 0 Å². The quantitative estimate of drug-likeness (QED) is 0.286. The molecular formula is C23H20BrFO4S. The van der Waals surface area contributed by atoms with E-state index in [1.807, 2.05) is 30.3 Å². The SMILES string of the molecule is O=C(C=Cc1ccccc1)OC(OC(=O)C=Cc1ccc(F)c(Br)c1)[C@H]1CCCS1. The van der Waals surface area contributed by atoms with Gasteiger partial charge in [0.1, 0.15) is 5.82 Å². The molecule has 0 saturated carbocycles. The molecule has 1 heterocycles. The van der Waals surface area contributed by atoms with Gasteiger partial charge in [-0.15, -0.1) is 0 Å². The van der Waals surface area contributed by atoms with E-state index in [4.69, 9.17) is 9.47 Å². The van der Waals surface area contributed by atoms with Gasteiger partial charge < -0.3 is 9.47 Å². The van der Waals surface area contributed by atoms with Crippen molar-refractivity contribution < 1.29 is 23.5 Å². The molecule has 7 heteroatoms. The maximum absolute atomic E-state index is 13.3. The molecule has 0 aromatic heterocycles. The van der Waals surface area contributed by atoms with Crippen molar-refractivity contribution in [2.45, 2.75) is 24.4 Å². The van der Waals surface area contributed by atoms with Gasteiger partial charge in [0.05, 0.1) is 9.72 Å². The molecule has 3 rings (SSSR count). The van der Waals surface area contributed by atoms with Crippen molar-refractivity contribution in [1.82, 2.24) is 0 Å². The van der Waals surface area contributed by atoms with E-state index >= 15 is 0 Å². The summed E-state index contributed by atoms with van der Waals surface area (Å²) >= 11 is 4.72. The number of halogens is 2. The Balaban J connectivity index is 1.62. The molecule has 0 amide bonds. The minimum absolute atomic E-state index is 0.101. The molecule has 2 aromatic rings. The zero-order valence-electron chi connectivity index (χ0n) is 16.0. The summed E-state index contributed by atoms with van der Waals surface area (Å²) < 4.78 is 24.5. The van der Waals surface area contributed by atoms with Crippen LogP contribution in [0.25, 0.3) is 12.2 Å². The first kappa shape index (κ1) is 22.3. The Morgan fingerprint density at radius 1 is 1.03 bits per heavy atom. The Morgan fingerprint density at radius 2 is 1.70 bits per heavy atom. The highest BCUT2D eigenvalue weighted by molar-refractivity contribution is 9.10. The molecule has 0 aliphatic carbocycles. The molecular weight excluding hydrogens is 471 g/mol. The Morgan fingerprint density at radius 3 is 2.30 bits per heavy atom. The second-order valence-corrected chi connectivity index (χ2v) is 8.75. The number of benzene rings is 2. The molecule has 0 bridgehead atoms. The summed E-state index contributed by atoms with van der Waals surface area (Å²) in [5.74, 6) is -0.665. The smallest absolute Gasteiger partial charge is 0.333 e. The Bertz CT molecular complexity index is 939. The second kappa shape index (κ2) is 11.1. The van der Waals surface area contributed by atoms with E-state index in [9.17, 15) is 14.0 Å². The Hall–Kier alpha value is -2.38. The number of thioether (sulfide) groups is 1. The number of hydrogen-bond donors (Lipinski definition) is 0. The zero-order valence-corrected chi connectivity index (χ0v) is 18.4. The van der Waals surface area contributed by atoms with Crippen LogP contribution in [-0.4, -0.2) is 29.2 Å². The Labute approximate surface area is 187 Å². The van der Waals surface area contributed by atoms with Crippen LogP contribution in [0.5, 0.6) is 0 Å². The molecule has 1 aliphatic rings. The fourth-order valence-corrected chi connectivity index (χ4v) is 4.44. The predicted molar refractivity (Wildman–Crippen MR) is 120 cm³/mol. The summed E-state index contributed by atoms with van der Waals surface area (Å²) in [5, 5.41) is -0.101. The van der Waals surface area contributed by atoms with Crippen LogP contribution in [0, 0.1) is 5.82 Å². The van der Waals surface area contributed by atoms with Gasteiger partial charge in [-0.2, -0.15) is 11.8 Å². The molecule has 30 heavy (non-hydrogen) atoms. The molecule has 2 atom stereocenters. The summed E-state index contributed by atoms with van der Waals surface area (Å²) in [4.78, 5) is 24.5. The van der Waals surface area contributed by atoms with E-state index in [2.05, 4.69) is 15.9 Å². The summed E-state index contributed by atoms with van der Waals surface area (Å²) in [6.07, 6.45) is 6.52. The van der Waals surface area contributed by atoms with Crippen LogP contribution in [-0.2, 0) is 19.1 Å². The highest BCUT2D eigenvalue weighted by Gasteiger charge is 2.31. The van der Waals surface area contributed by atoms with Gasteiger partial charge in [0.2, 0.25) is 0 Å². The van der Waals surface area contributed by atoms with Crippen molar-refractivity contribution >= 4 is 51.8 Å². The summed E-state index contributed by atoms with van der Waals surface area (Å²) in [5.41, 5.74) is 1.50. The molecule has 156 valence electrons. The van der Waals surface area contributed by atoms with E-state index in [0.717, 1.165) is 24.2 Å². The monoisotopic (exact) mass is 490 g/mol. The number of carbonyl (C=O) groups excluding carboxylic acids is 2. The lowest BCUT2D eigenvalue weighted by Crippen LogP contribution is -2.31. The molecule has 4 nitrogen and oxygen atoms in total. The summed E-state index contributed by atoms with van der Waals surface area (Å²) in [7, 11) is 0. The van der Waals surface area contributed by atoms with E-state index in [1.165, 1.54) is 24.3 Å². The number of esters is 2. The largest absolute Gasteiger partial charge is 0.421 e. The van der Waals surface area contributed by atoms with Crippen LogP contribution in [0.3, 0.4) is 0 Å². The van der Waals surface area contributed by atoms with Gasteiger partial charge in [0.25, 0.3) is 6.29 Å². The third-order valence-corrected chi connectivity index (χ3v) is 6.32. The molecule has 0 radical (unpaired) electrons. The minimum atomic E-state index is -0.970. The zero-order chi connectivity index (χ0) is 21.3. The average molecular weight is 491 g/mol. The molecule has 0 spiro atoms. The normalized spacial score (nSPS) is 17.3. The number of hydrogen-bond acceptors (Lipinski definition) is 5. The number of carbonyl (C=O) groups is 2. The molecule has 1 fully saturated rings. The minimum Gasteiger partial charge on any atom is -0.421 e. The fourth-order valence-electron chi connectivity index (χ4n) is 2.81. The lowest BCUT2D eigenvalue weighted by atomic mass is 10.2.